The lowest BCUT2D eigenvalue weighted by Gasteiger charge is -2.26. The minimum absolute atomic E-state index is 1.26. The number of alkyl halides is 7. The molecule has 0 rings (SSSR count). The topological polar surface area (TPSA) is 37.3 Å². The molecule has 0 aliphatic rings. The van der Waals surface area contributed by atoms with Gasteiger partial charge in [0.25, 0.3) is 0 Å². The van der Waals surface area contributed by atoms with Crippen LogP contribution in [0, 0.1) is 5.41 Å². The summed E-state index contributed by atoms with van der Waals surface area (Å²) in [7, 11) is 0. The number of hydrogen-bond acceptors (Lipinski definition) is 2. The summed E-state index contributed by atoms with van der Waals surface area (Å²) in [4.78, 5) is 11.3. The molecule has 0 amide bonds. The quantitative estimate of drug-likeness (QED) is 0.488. The molecular weight excluding hydrogens is 285 g/mol. The first-order valence-electron chi connectivity index (χ1n) is 8.58. The van der Waals surface area contributed by atoms with Gasteiger partial charge in [-0.2, -0.15) is 30.7 Å². The Hall–Kier alpha value is -1.28. The fourth-order valence-corrected chi connectivity index (χ4v) is 0.656. The summed E-state index contributed by atoms with van der Waals surface area (Å²) in [6, 6.07) is 0. The Bertz CT molecular complexity index is 608. The van der Waals surface area contributed by atoms with Crippen LogP contribution in [0.4, 0.5) is 30.7 Å². The summed E-state index contributed by atoms with van der Waals surface area (Å²) >= 11 is 0. The summed E-state index contributed by atoms with van der Waals surface area (Å²) in [6.45, 7) is -12.8. The maximum Gasteiger partial charge on any atom is 0.460 e. The van der Waals surface area contributed by atoms with Gasteiger partial charge in [0.15, 0.2) is 0 Å². The van der Waals surface area contributed by atoms with Gasteiger partial charge in [-0.05, 0) is 0 Å². The molecule has 112 valence electrons. The van der Waals surface area contributed by atoms with Crippen molar-refractivity contribution < 1.29 is 53.0 Å². The molecule has 0 aromatic heterocycles. The Morgan fingerprint density at radius 1 is 1.05 bits per heavy atom. The van der Waals surface area contributed by atoms with E-state index in [0.717, 1.165) is 0 Å². The highest BCUT2D eigenvalue weighted by Crippen LogP contribution is 2.47. The van der Waals surface area contributed by atoms with Gasteiger partial charge in [0.05, 0.1) is 0 Å². The van der Waals surface area contributed by atoms with E-state index in [2.05, 4.69) is 0 Å². The van der Waals surface area contributed by atoms with Crippen molar-refractivity contribution in [2.45, 2.75) is 38.6 Å². The van der Waals surface area contributed by atoms with Gasteiger partial charge in [-0.25, -0.2) is 0 Å². The number of rotatable bonds is 3. The van der Waals surface area contributed by atoms with E-state index in [9.17, 15) is 40.6 Å². The second-order valence-corrected chi connectivity index (χ2v) is 3.29. The van der Waals surface area contributed by atoms with Crippen LogP contribution in [0.25, 0.3) is 0 Å². The molecule has 0 bridgehead atoms. The van der Waals surface area contributed by atoms with Crippen LogP contribution in [-0.4, -0.2) is 28.9 Å². The lowest BCUT2D eigenvalue weighted by atomic mass is 9.92. The smallest absolute Gasteiger partial charge is 0.460 e. The van der Waals surface area contributed by atoms with Crippen LogP contribution in [0.2, 0.25) is 0 Å². The average Bonchev–Trinajstić information content (AvgIpc) is 2.31. The van der Waals surface area contributed by atoms with E-state index in [0.29, 0.717) is 0 Å². The van der Waals surface area contributed by atoms with Gasteiger partial charge in [-0.3, -0.25) is 4.79 Å². The number of hydrogen-bond donors (Lipinski definition) is 1. The third kappa shape index (κ3) is 3.38. The zero-order valence-electron chi connectivity index (χ0n) is 17.6. The molecule has 19 heavy (non-hydrogen) atoms. The van der Waals surface area contributed by atoms with Gasteiger partial charge in [0, 0.05) is 23.8 Å². The number of carbonyl (C=O) groups excluding carboxylic acids is 1. The van der Waals surface area contributed by atoms with Crippen LogP contribution in [0.3, 0.4) is 0 Å². The van der Waals surface area contributed by atoms with E-state index in [1.165, 1.54) is 0 Å². The Morgan fingerprint density at radius 2 is 1.47 bits per heavy atom. The predicted molar refractivity (Wildman–Crippen MR) is 51.1 cm³/mol. The van der Waals surface area contributed by atoms with Gasteiger partial charge in [0.1, 0.15) is 5.76 Å². The highest BCUT2D eigenvalue weighted by molar-refractivity contribution is 5.97. The largest absolute Gasteiger partial charge is 0.512 e. The van der Waals surface area contributed by atoms with Crippen LogP contribution in [-0.2, 0) is 4.79 Å². The van der Waals surface area contributed by atoms with Gasteiger partial charge in [0.2, 0.25) is 5.78 Å². The predicted octanol–water partition coefficient (Wildman–Crippen LogP) is 3.88. The molecule has 0 heterocycles. The maximum atomic E-state index is 13.3. The molecule has 0 aliphatic heterocycles. The summed E-state index contributed by atoms with van der Waals surface area (Å²) in [5.41, 5.74) is -4.44. The lowest BCUT2D eigenvalue weighted by molar-refractivity contribution is -0.342. The van der Waals surface area contributed by atoms with E-state index in [-0.39, 0.29) is 0 Å². The average molecular weight is 305 g/mol. The number of aliphatic hydroxyl groups excluding tert-OH is 1. The summed E-state index contributed by atoms with van der Waals surface area (Å²) in [5, 5.41) is 9.67. The minimum atomic E-state index is -7.00. The first kappa shape index (κ1) is 7.49. The Labute approximate surface area is 116 Å². The van der Waals surface area contributed by atoms with Crippen LogP contribution in [0.5, 0.6) is 0 Å². The first-order valence-corrected chi connectivity index (χ1v) is 4.08. The van der Waals surface area contributed by atoms with Gasteiger partial charge < -0.3 is 5.11 Å². The Morgan fingerprint density at radius 3 is 1.79 bits per heavy atom. The molecule has 0 aromatic rings. The molecule has 0 spiro atoms. The normalized spacial score (nSPS) is 24.6. The van der Waals surface area contributed by atoms with Crippen molar-refractivity contribution in [3.8, 4) is 0 Å². The Kier molecular flexibility index (Phi) is 1.84. The molecular formula is C10H11F7O2. The second-order valence-electron chi connectivity index (χ2n) is 3.29. The summed E-state index contributed by atoms with van der Waals surface area (Å²) in [5.74, 6) is -19.8. The van der Waals surface area contributed by atoms with E-state index >= 15 is 0 Å². The molecule has 0 radical (unpaired) electrons. The number of allylic oxidation sites excluding steroid dienone is 2. The van der Waals surface area contributed by atoms with Crippen molar-refractivity contribution in [1.29, 1.82) is 0 Å². The molecule has 1 N–H and O–H groups in total. The number of carbonyl (C=O) groups is 1. The van der Waals surface area contributed by atoms with Crippen molar-refractivity contribution in [2.75, 3.05) is 0 Å². The van der Waals surface area contributed by atoms with E-state index < -0.39 is 61.6 Å². The first-order chi connectivity index (χ1) is 11.8. The lowest BCUT2D eigenvalue weighted by Crippen LogP contribution is -2.55. The SMILES string of the molecule is [2H]C([2H])([2H])C(C(O)=CC(=O)C(F)(F)C(F)(F)C(F)(F)F)(C([2H])([2H])[2H])C([2H])([2H])[2H]. The van der Waals surface area contributed by atoms with E-state index in [1.807, 2.05) is 0 Å². The highest BCUT2D eigenvalue weighted by atomic mass is 19.4. The molecule has 0 aromatic carbocycles. The monoisotopic (exact) mass is 305 g/mol. The maximum absolute atomic E-state index is 13.3. The molecule has 9 heteroatoms. The molecule has 0 aliphatic carbocycles. The van der Waals surface area contributed by atoms with Crippen LogP contribution < -0.4 is 0 Å². The fourth-order valence-electron chi connectivity index (χ4n) is 0.656. The van der Waals surface area contributed by atoms with E-state index in [1.54, 1.807) is 0 Å². The second kappa shape index (κ2) is 4.68. The summed E-state index contributed by atoms with van der Waals surface area (Å²) < 4.78 is 152. The zero-order valence-corrected chi connectivity index (χ0v) is 8.58. The number of halogens is 7. The minimum Gasteiger partial charge on any atom is -0.512 e. The van der Waals surface area contributed by atoms with Crippen molar-refractivity contribution in [2.24, 2.45) is 5.41 Å². The highest BCUT2D eigenvalue weighted by Gasteiger charge is 2.75. The Balaban J connectivity index is 6.81. The van der Waals surface area contributed by atoms with Gasteiger partial charge in [-0.1, -0.05) is 20.6 Å². The zero-order chi connectivity index (χ0) is 23.4. The van der Waals surface area contributed by atoms with Crippen LogP contribution in [0.15, 0.2) is 11.8 Å². The molecule has 0 saturated heterocycles. The van der Waals surface area contributed by atoms with Crippen molar-refractivity contribution in [1.82, 2.24) is 0 Å². The molecule has 0 saturated carbocycles. The molecule has 0 atom stereocenters. The third-order valence-corrected chi connectivity index (χ3v) is 1.71. The third-order valence-electron chi connectivity index (χ3n) is 1.71. The van der Waals surface area contributed by atoms with Crippen molar-refractivity contribution >= 4 is 5.78 Å². The van der Waals surface area contributed by atoms with Crippen molar-refractivity contribution in [3.05, 3.63) is 11.8 Å². The molecule has 0 fully saturated rings. The van der Waals surface area contributed by atoms with Crippen LogP contribution in [0.1, 0.15) is 32.9 Å². The van der Waals surface area contributed by atoms with Crippen LogP contribution >= 0.6 is 0 Å². The van der Waals surface area contributed by atoms with Gasteiger partial charge in [-0.15, -0.1) is 0 Å². The number of ketones is 1. The fraction of sp³-hybridized carbons (Fsp3) is 0.700. The summed E-state index contributed by atoms with van der Waals surface area (Å²) in [6.07, 6.45) is -8.23. The standard InChI is InChI=1S/C10H11F7O2/c1-7(2,3)5(18)4-6(19)8(11,12)9(13,14)10(15,16)17/h4,18H,1-3H3/i1D3,2D3,3D3. The molecule has 0 unspecified atom stereocenters. The number of aliphatic hydroxyl groups is 1. The van der Waals surface area contributed by atoms with Gasteiger partial charge >= 0.3 is 18.0 Å². The molecule has 2 nitrogen and oxygen atoms in total. The van der Waals surface area contributed by atoms with Crippen molar-refractivity contribution in [3.63, 3.8) is 0 Å². The van der Waals surface area contributed by atoms with E-state index in [4.69, 9.17) is 12.3 Å².